The quantitative estimate of drug-likeness (QED) is 0.766. The first-order valence-corrected chi connectivity index (χ1v) is 6.78. The molecule has 1 aromatic rings. The van der Waals surface area contributed by atoms with Gasteiger partial charge < -0.3 is 4.90 Å². The fourth-order valence-corrected chi connectivity index (χ4v) is 2.36. The molecule has 1 aliphatic rings. The van der Waals surface area contributed by atoms with Gasteiger partial charge in [-0.3, -0.25) is 0 Å². The van der Waals surface area contributed by atoms with Gasteiger partial charge in [-0.1, -0.05) is 42.5 Å². The molecular formula is C17H23N. The van der Waals surface area contributed by atoms with Gasteiger partial charge >= 0.3 is 0 Å². The van der Waals surface area contributed by atoms with Crippen molar-refractivity contribution in [3.63, 3.8) is 0 Å². The zero-order valence-electron chi connectivity index (χ0n) is 11.5. The predicted octanol–water partition coefficient (Wildman–Crippen LogP) is 4.12. The highest BCUT2D eigenvalue weighted by atomic mass is 15.1. The summed E-state index contributed by atoms with van der Waals surface area (Å²) in [6, 6.07) is 8.84. The minimum absolute atomic E-state index is 0.752. The molecule has 96 valence electrons. The van der Waals surface area contributed by atoms with Crippen LogP contribution in [0.4, 0.5) is 0 Å². The standard InChI is InChI=1S/C17H23N/c1-14(2)17-8-6-15(7-9-17)4-5-16-10-12-18(3)13-11-16/h6-10,12,16H,1,4-5,11,13H2,2-3H3. The summed E-state index contributed by atoms with van der Waals surface area (Å²) in [6.45, 7) is 7.21. The van der Waals surface area contributed by atoms with E-state index in [0.717, 1.165) is 11.5 Å². The molecule has 0 aliphatic carbocycles. The molecule has 0 spiro atoms. The molecule has 0 amide bonds. The Morgan fingerprint density at radius 2 is 2.06 bits per heavy atom. The van der Waals surface area contributed by atoms with Crippen molar-refractivity contribution in [2.45, 2.75) is 26.2 Å². The number of hydrogen-bond donors (Lipinski definition) is 0. The number of allylic oxidation sites excluding steroid dienone is 2. The first-order chi connectivity index (χ1) is 8.65. The normalized spacial score (nSPS) is 19.0. The predicted molar refractivity (Wildman–Crippen MR) is 79.3 cm³/mol. The van der Waals surface area contributed by atoms with Crippen LogP contribution in [0.15, 0.2) is 43.1 Å². The van der Waals surface area contributed by atoms with E-state index in [1.807, 2.05) is 0 Å². The molecule has 0 radical (unpaired) electrons. The number of hydrogen-bond acceptors (Lipinski definition) is 1. The van der Waals surface area contributed by atoms with E-state index in [1.165, 1.54) is 36.9 Å². The molecule has 0 N–H and O–H groups in total. The van der Waals surface area contributed by atoms with Crippen molar-refractivity contribution < 1.29 is 0 Å². The van der Waals surface area contributed by atoms with E-state index >= 15 is 0 Å². The Morgan fingerprint density at radius 3 is 2.61 bits per heavy atom. The number of aryl methyl sites for hydroxylation is 1. The lowest BCUT2D eigenvalue weighted by Gasteiger charge is -2.24. The van der Waals surface area contributed by atoms with Gasteiger partial charge in [0, 0.05) is 13.6 Å². The van der Waals surface area contributed by atoms with E-state index < -0.39 is 0 Å². The van der Waals surface area contributed by atoms with Gasteiger partial charge in [0.25, 0.3) is 0 Å². The van der Waals surface area contributed by atoms with Crippen molar-refractivity contribution in [3.05, 3.63) is 54.2 Å². The minimum atomic E-state index is 0.752. The van der Waals surface area contributed by atoms with E-state index in [0.29, 0.717) is 0 Å². The highest BCUT2D eigenvalue weighted by Crippen LogP contribution is 2.20. The number of rotatable bonds is 4. The van der Waals surface area contributed by atoms with Crippen LogP contribution in [0.1, 0.15) is 30.9 Å². The van der Waals surface area contributed by atoms with E-state index in [4.69, 9.17) is 0 Å². The fraction of sp³-hybridized carbons (Fsp3) is 0.412. The van der Waals surface area contributed by atoms with Crippen molar-refractivity contribution in [1.82, 2.24) is 4.90 Å². The average molecular weight is 241 g/mol. The van der Waals surface area contributed by atoms with Crippen LogP contribution < -0.4 is 0 Å². The Morgan fingerprint density at radius 1 is 1.33 bits per heavy atom. The third-order valence-electron chi connectivity index (χ3n) is 3.72. The third kappa shape index (κ3) is 3.49. The third-order valence-corrected chi connectivity index (χ3v) is 3.72. The molecule has 1 nitrogen and oxygen atoms in total. The molecule has 1 unspecified atom stereocenters. The molecule has 1 heteroatoms. The molecule has 1 heterocycles. The van der Waals surface area contributed by atoms with Crippen molar-refractivity contribution in [3.8, 4) is 0 Å². The van der Waals surface area contributed by atoms with Crippen molar-refractivity contribution in [2.24, 2.45) is 5.92 Å². The zero-order valence-corrected chi connectivity index (χ0v) is 11.5. The summed E-state index contributed by atoms with van der Waals surface area (Å²) < 4.78 is 0. The van der Waals surface area contributed by atoms with Gasteiger partial charge in [-0.2, -0.15) is 0 Å². The monoisotopic (exact) mass is 241 g/mol. The Hall–Kier alpha value is -1.50. The molecule has 18 heavy (non-hydrogen) atoms. The largest absolute Gasteiger partial charge is 0.381 e. The van der Waals surface area contributed by atoms with Gasteiger partial charge in [0.05, 0.1) is 0 Å². The first kappa shape index (κ1) is 12.9. The van der Waals surface area contributed by atoms with Crippen LogP contribution in [0.2, 0.25) is 0 Å². The highest BCUT2D eigenvalue weighted by molar-refractivity contribution is 5.61. The van der Waals surface area contributed by atoms with Crippen LogP contribution in [0, 0.1) is 5.92 Å². The van der Waals surface area contributed by atoms with Crippen molar-refractivity contribution in [2.75, 3.05) is 13.6 Å². The van der Waals surface area contributed by atoms with Crippen LogP contribution in [0.5, 0.6) is 0 Å². The van der Waals surface area contributed by atoms with Crippen LogP contribution >= 0.6 is 0 Å². The molecule has 0 fully saturated rings. The molecule has 1 aliphatic heterocycles. The first-order valence-electron chi connectivity index (χ1n) is 6.78. The fourth-order valence-electron chi connectivity index (χ4n) is 2.36. The van der Waals surface area contributed by atoms with Crippen LogP contribution in [-0.4, -0.2) is 18.5 Å². The summed E-state index contributed by atoms with van der Waals surface area (Å²) in [7, 11) is 2.14. The minimum Gasteiger partial charge on any atom is -0.381 e. The van der Waals surface area contributed by atoms with Gasteiger partial charge in [0.2, 0.25) is 0 Å². The lowest BCUT2D eigenvalue weighted by molar-refractivity contribution is 0.367. The van der Waals surface area contributed by atoms with E-state index in [-0.39, 0.29) is 0 Å². The molecule has 1 atom stereocenters. The highest BCUT2D eigenvalue weighted by Gasteiger charge is 2.10. The molecular weight excluding hydrogens is 218 g/mol. The molecule has 0 saturated carbocycles. The van der Waals surface area contributed by atoms with Crippen LogP contribution in [-0.2, 0) is 6.42 Å². The van der Waals surface area contributed by atoms with Gasteiger partial charge in [0.15, 0.2) is 0 Å². The number of nitrogens with zero attached hydrogens (tertiary/aromatic N) is 1. The smallest absolute Gasteiger partial charge is 0.0174 e. The second kappa shape index (κ2) is 5.90. The van der Waals surface area contributed by atoms with E-state index in [1.54, 1.807) is 0 Å². The SMILES string of the molecule is C=C(C)c1ccc(CCC2C=CN(C)CC2)cc1. The maximum absolute atomic E-state index is 3.97. The Balaban J connectivity index is 1.87. The van der Waals surface area contributed by atoms with Crippen LogP contribution in [0.3, 0.4) is 0 Å². The zero-order chi connectivity index (χ0) is 13.0. The summed E-state index contributed by atoms with van der Waals surface area (Å²) in [5, 5.41) is 0. The van der Waals surface area contributed by atoms with Gasteiger partial charge in [-0.25, -0.2) is 0 Å². The number of benzene rings is 1. The van der Waals surface area contributed by atoms with E-state index in [9.17, 15) is 0 Å². The molecule has 2 rings (SSSR count). The maximum Gasteiger partial charge on any atom is 0.0174 e. The van der Waals surface area contributed by atoms with Gasteiger partial charge in [-0.15, -0.1) is 0 Å². The topological polar surface area (TPSA) is 3.24 Å². The molecule has 0 aromatic heterocycles. The van der Waals surface area contributed by atoms with Crippen molar-refractivity contribution >= 4 is 5.57 Å². The molecule has 1 aromatic carbocycles. The van der Waals surface area contributed by atoms with Gasteiger partial charge in [-0.05, 0) is 49.4 Å². The average Bonchev–Trinajstić information content (AvgIpc) is 2.38. The lowest BCUT2D eigenvalue weighted by Crippen LogP contribution is -2.20. The maximum atomic E-state index is 3.97. The Bertz CT molecular complexity index is 427. The van der Waals surface area contributed by atoms with E-state index in [2.05, 4.69) is 62.0 Å². The second-order valence-corrected chi connectivity index (χ2v) is 5.39. The summed E-state index contributed by atoms with van der Waals surface area (Å²) in [4.78, 5) is 2.26. The Labute approximate surface area is 111 Å². The molecule has 0 saturated heterocycles. The second-order valence-electron chi connectivity index (χ2n) is 5.39. The summed E-state index contributed by atoms with van der Waals surface area (Å²) in [5.41, 5.74) is 3.82. The summed E-state index contributed by atoms with van der Waals surface area (Å²) in [5.74, 6) is 0.752. The van der Waals surface area contributed by atoms with Crippen molar-refractivity contribution in [1.29, 1.82) is 0 Å². The molecule has 0 bridgehead atoms. The Kier molecular flexibility index (Phi) is 4.24. The summed E-state index contributed by atoms with van der Waals surface area (Å²) in [6.07, 6.45) is 8.30. The van der Waals surface area contributed by atoms with Crippen LogP contribution in [0.25, 0.3) is 5.57 Å². The van der Waals surface area contributed by atoms with Gasteiger partial charge in [0.1, 0.15) is 0 Å². The summed E-state index contributed by atoms with van der Waals surface area (Å²) >= 11 is 0. The lowest BCUT2D eigenvalue weighted by atomic mass is 9.94.